The van der Waals surface area contributed by atoms with E-state index >= 15 is 0 Å². The second-order valence-electron chi connectivity index (χ2n) is 9.30. The number of nitrogens with zero attached hydrogens (tertiary/aromatic N) is 1. The largest absolute Gasteiger partial charge is 0.496 e. The molecule has 0 bridgehead atoms. The molecule has 2 atom stereocenters. The zero-order valence-electron chi connectivity index (χ0n) is 21.8. The molecule has 5 rings (SSSR count). The van der Waals surface area contributed by atoms with Crippen molar-refractivity contribution < 1.29 is 23.8 Å². The summed E-state index contributed by atoms with van der Waals surface area (Å²) in [4.78, 5) is 29.5. The van der Waals surface area contributed by atoms with Crippen LogP contribution in [-0.2, 0) is 17.8 Å². The van der Waals surface area contributed by atoms with Gasteiger partial charge in [-0.3, -0.25) is 9.59 Å². The Balaban J connectivity index is 1.57. The van der Waals surface area contributed by atoms with Gasteiger partial charge in [0.05, 0.1) is 32.3 Å². The first-order valence-electron chi connectivity index (χ1n) is 12.9. The van der Waals surface area contributed by atoms with Gasteiger partial charge in [-0.1, -0.05) is 34.1 Å². The number of hydrogen-bond donors (Lipinski definition) is 1. The van der Waals surface area contributed by atoms with Crippen LogP contribution in [0, 0.1) is 0 Å². The fraction of sp³-hybridized carbons (Fsp3) is 0.333. The van der Waals surface area contributed by atoms with Crippen LogP contribution >= 0.6 is 15.9 Å². The number of carbonyl (C=O) groups excluding carboxylic acids is 2. The van der Waals surface area contributed by atoms with Gasteiger partial charge in [-0.15, -0.1) is 0 Å². The third kappa shape index (κ3) is 4.73. The van der Waals surface area contributed by atoms with E-state index in [-0.39, 0.29) is 11.8 Å². The number of benzene rings is 3. The third-order valence-corrected chi connectivity index (χ3v) is 7.66. The van der Waals surface area contributed by atoms with Crippen LogP contribution in [0.4, 0.5) is 0 Å². The predicted octanol–water partition coefficient (Wildman–Crippen LogP) is 5.41. The van der Waals surface area contributed by atoms with Gasteiger partial charge in [-0.2, -0.15) is 0 Å². The van der Waals surface area contributed by atoms with Crippen molar-refractivity contribution in [1.82, 2.24) is 10.2 Å². The van der Waals surface area contributed by atoms with Crippen LogP contribution in [0.15, 0.2) is 59.1 Å². The van der Waals surface area contributed by atoms with E-state index in [0.717, 1.165) is 26.7 Å². The average molecular weight is 579 g/mol. The summed E-state index contributed by atoms with van der Waals surface area (Å²) in [5, 5.41) is 3.13. The van der Waals surface area contributed by atoms with Crippen molar-refractivity contribution in [2.24, 2.45) is 0 Å². The Bertz CT molecular complexity index is 1370. The maximum Gasteiger partial charge on any atom is 0.254 e. The minimum Gasteiger partial charge on any atom is -0.496 e. The summed E-state index contributed by atoms with van der Waals surface area (Å²) in [6.07, 6.45) is 0.676. The smallest absolute Gasteiger partial charge is 0.254 e. The molecule has 0 aromatic heterocycles. The van der Waals surface area contributed by atoms with E-state index < -0.39 is 12.0 Å². The molecule has 8 heteroatoms. The topological polar surface area (TPSA) is 77.1 Å². The third-order valence-electron chi connectivity index (χ3n) is 7.16. The Hall–Kier alpha value is -3.52. The molecule has 2 heterocycles. The van der Waals surface area contributed by atoms with E-state index in [4.69, 9.17) is 14.2 Å². The van der Waals surface area contributed by atoms with E-state index in [2.05, 4.69) is 21.2 Å². The van der Waals surface area contributed by atoms with Gasteiger partial charge in [0.25, 0.3) is 5.91 Å². The van der Waals surface area contributed by atoms with Gasteiger partial charge in [-0.05, 0) is 73.4 Å². The molecule has 198 valence electrons. The van der Waals surface area contributed by atoms with Gasteiger partial charge in [0.2, 0.25) is 5.91 Å². The number of nitrogens with one attached hydrogen (secondary N) is 1. The van der Waals surface area contributed by atoms with Gasteiger partial charge in [0.1, 0.15) is 5.75 Å². The molecule has 2 aliphatic rings. The maximum absolute atomic E-state index is 14.0. The summed E-state index contributed by atoms with van der Waals surface area (Å²) in [5.41, 5.74) is 4.15. The first-order valence-corrected chi connectivity index (χ1v) is 13.7. The number of rotatable bonds is 8. The van der Waals surface area contributed by atoms with E-state index in [1.807, 2.05) is 73.3 Å². The second kappa shape index (κ2) is 11.1. The maximum atomic E-state index is 14.0. The van der Waals surface area contributed by atoms with Crippen molar-refractivity contribution in [1.29, 1.82) is 0 Å². The highest BCUT2D eigenvalue weighted by Crippen LogP contribution is 2.48. The summed E-state index contributed by atoms with van der Waals surface area (Å²) in [6.45, 7) is 5.68. The van der Waals surface area contributed by atoms with Crippen molar-refractivity contribution in [3.63, 3.8) is 0 Å². The average Bonchev–Trinajstić information content (AvgIpc) is 2.92. The van der Waals surface area contributed by atoms with Crippen LogP contribution in [0.5, 0.6) is 17.2 Å². The number of carbonyl (C=O) groups is 2. The summed E-state index contributed by atoms with van der Waals surface area (Å²) in [6, 6.07) is 16.6. The van der Waals surface area contributed by atoms with Crippen molar-refractivity contribution in [3.8, 4) is 17.2 Å². The second-order valence-corrected chi connectivity index (χ2v) is 10.2. The Morgan fingerprint density at radius 2 is 1.74 bits per heavy atom. The molecule has 38 heavy (non-hydrogen) atoms. The predicted molar refractivity (Wildman–Crippen MR) is 148 cm³/mol. The summed E-state index contributed by atoms with van der Waals surface area (Å²) in [7, 11) is 1.61. The number of fused-ring (bicyclic) bond motifs is 4. The monoisotopic (exact) mass is 578 g/mol. The number of amides is 2. The van der Waals surface area contributed by atoms with Gasteiger partial charge < -0.3 is 24.4 Å². The molecule has 2 amide bonds. The molecule has 0 unspecified atom stereocenters. The Morgan fingerprint density at radius 3 is 2.47 bits per heavy atom. The minimum atomic E-state index is -0.589. The lowest BCUT2D eigenvalue weighted by Crippen LogP contribution is -2.50. The van der Waals surface area contributed by atoms with Gasteiger partial charge >= 0.3 is 0 Å². The van der Waals surface area contributed by atoms with Crippen LogP contribution in [0.25, 0.3) is 0 Å². The Kier molecular flexibility index (Phi) is 7.61. The fourth-order valence-electron chi connectivity index (χ4n) is 5.53. The molecule has 0 radical (unpaired) electrons. The van der Waals surface area contributed by atoms with Gasteiger partial charge in [-0.25, -0.2) is 0 Å². The lowest BCUT2D eigenvalue weighted by Gasteiger charge is -2.45. The van der Waals surface area contributed by atoms with Gasteiger partial charge in [0.15, 0.2) is 11.5 Å². The molecule has 2 aliphatic heterocycles. The lowest BCUT2D eigenvalue weighted by atomic mass is 9.75. The first-order chi connectivity index (χ1) is 18.5. The number of methoxy groups -OCH3 is 1. The summed E-state index contributed by atoms with van der Waals surface area (Å²) >= 11 is 3.50. The molecule has 0 fully saturated rings. The van der Waals surface area contributed by atoms with E-state index in [1.54, 1.807) is 7.11 Å². The molecule has 3 aromatic carbocycles. The molecule has 0 saturated heterocycles. The van der Waals surface area contributed by atoms with Crippen LogP contribution in [0.3, 0.4) is 0 Å². The summed E-state index contributed by atoms with van der Waals surface area (Å²) in [5.74, 6) is 1.21. The van der Waals surface area contributed by atoms with Crippen molar-refractivity contribution >= 4 is 27.7 Å². The quantitative estimate of drug-likeness (QED) is 0.387. The standard InChI is InChI=1S/C30H31BrN2O5/c1-4-37-25-15-18-12-13-33-28(23(18)16-26(25)38-5-2)27(21-8-6-7-9-22(21)30(33)35)29(34)32-17-19-14-20(31)10-11-24(19)36-3/h6-11,14-16,27-28H,4-5,12-13,17H2,1-3H3,(H,32,34)/t27-,28-/m0/s1. The van der Waals surface area contributed by atoms with Crippen LogP contribution < -0.4 is 19.5 Å². The molecule has 0 aliphatic carbocycles. The molecular weight excluding hydrogens is 548 g/mol. The summed E-state index contributed by atoms with van der Waals surface area (Å²) < 4.78 is 18.2. The highest BCUT2D eigenvalue weighted by atomic mass is 79.9. The van der Waals surface area contributed by atoms with Crippen LogP contribution in [0.1, 0.15) is 58.4 Å². The van der Waals surface area contributed by atoms with Crippen molar-refractivity contribution in [2.45, 2.75) is 38.8 Å². The highest BCUT2D eigenvalue weighted by molar-refractivity contribution is 9.10. The van der Waals surface area contributed by atoms with E-state index in [1.165, 1.54) is 0 Å². The van der Waals surface area contributed by atoms with E-state index in [0.29, 0.717) is 55.5 Å². The lowest BCUT2D eigenvalue weighted by molar-refractivity contribution is -0.124. The fourth-order valence-corrected chi connectivity index (χ4v) is 5.94. The van der Waals surface area contributed by atoms with Crippen molar-refractivity contribution in [2.75, 3.05) is 26.9 Å². The van der Waals surface area contributed by atoms with Crippen LogP contribution in [-0.4, -0.2) is 43.6 Å². The molecular formula is C30H31BrN2O5. The molecule has 7 nitrogen and oxygen atoms in total. The molecule has 0 saturated carbocycles. The molecule has 0 spiro atoms. The van der Waals surface area contributed by atoms with Crippen molar-refractivity contribution in [3.05, 3.63) is 86.9 Å². The highest BCUT2D eigenvalue weighted by Gasteiger charge is 2.46. The van der Waals surface area contributed by atoms with E-state index in [9.17, 15) is 9.59 Å². The number of hydrogen-bond acceptors (Lipinski definition) is 5. The Labute approximate surface area is 231 Å². The first kappa shape index (κ1) is 26.1. The zero-order chi connectivity index (χ0) is 26.8. The zero-order valence-corrected chi connectivity index (χ0v) is 23.3. The number of halogens is 1. The number of ether oxygens (including phenoxy) is 3. The SMILES string of the molecule is CCOc1cc2c(cc1OCC)[C@H]1[C@@H](C(=O)NCc3cc(Br)ccc3OC)c3ccccc3C(=O)N1CC2. The normalized spacial score (nSPS) is 17.7. The Morgan fingerprint density at radius 1 is 1.00 bits per heavy atom. The molecule has 1 N–H and O–H groups in total. The molecule has 3 aromatic rings. The minimum absolute atomic E-state index is 0.0548. The van der Waals surface area contributed by atoms with Gasteiger partial charge in [0, 0.05) is 28.7 Å². The van der Waals surface area contributed by atoms with Crippen LogP contribution in [0.2, 0.25) is 0 Å².